The van der Waals surface area contributed by atoms with Crippen LogP contribution in [0.25, 0.3) is 0 Å². The van der Waals surface area contributed by atoms with E-state index in [1.165, 1.54) is 0 Å². The summed E-state index contributed by atoms with van der Waals surface area (Å²) in [7, 11) is 0. The van der Waals surface area contributed by atoms with Crippen molar-refractivity contribution in [1.82, 2.24) is 15.5 Å². The minimum atomic E-state index is -1.14. The van der Waals surface area contributed by atoms with Gasteiger partial charge in [0.2, 0.25) is 0 Å². The summed E-state index contributed by atoms with van der Waals surface area (Å²) in [6, 6.07) is 6.56. The molecule has 2 aliphatic heterocycles. The van der Waals surface area contributed by atoms with Crippen LogP contribution in [0.1, 0.15) is 23.7 Å². The van der Waals surface area contributed by atoms with Crippen molar-refractivity contribution in [2.75, 3.05) is 44.2 Å². The van der Waals surface area contributed by atoms with Crippen LogP contribution >= 0.6 is 0 Å². The lowest BCUT2D eigenvalue weighted by Crippen LogP contribution is -2.57. The quantitative estimate of drug-likeness (QED) is 0.545. The number of nitrogens with two attached hydrogens (primary N) is 1. The van der Waals surface area contributed by atoms with Crippen LogP contribution in [0.15, 0.2) is 29.3 Å². The zero-order valence-electron chi connectivity index (χ0n) is 16.1. The Morgan fingerprint density at radius 2 is 2.11 bits per heavy atom. The fourth-order valence-corrected chi connectivity index (χ4v) is 3.46. The van der Waals surface area contributed by atoms with Crippen molar-refractivity contribution in [2.45, 2.75) is 25.4 Å². The number of nitrogens with zero attached hydrogens (tertiary/aromatic N) is 3. The van der Waals surface area contributed by atoms with Crippen LogP contribution in [0, 0.1) is 0 Å². The number of amides is 1. The molecule has 0 radical (unpaired) electrons. The Hall–Kier alpha value is -2.81. The van der Waals surface area contributed by atoms with Gasteiger partial charge in [-0.15, -0.1) is 0 Å². The second-order valence-corrected chi connectivity index (χ2v) is 7.18. The van der Waals surface area contributed by atoms with E-state index >= 15 is 0 Å². The van der Waals surface area contributed by atoms with Crippen molar-refractivity contribution in [3.05, 3.63) is 29.8 Å². The highest BCUT2D eigenvalue weighted by Crippen LogP contribution is 2.21. The summed E-state index contributed by atoms with van der Waals surface area (Å²) in [6.45, 7) is 6.61. The number of nitrogens with one attached hydrogen (secondary N) is 2. The van der Waals surface area contributed by atoms with Crippen LogP contribution in [0.2, 0.25) is 0 Å². The van der Waals surface area contributed by atoms with E-state index in [0.29, 0.717) is 11.6 Å². The van der Waals surface area contributed by atoms with Gasteiger partial charge in [0, 0.05) is 56.6 Å². The van der Waals surface area contributed by atoms with Crippen LogP contribution in [0.4, 0.5) is 5.69 Å². The summed E-state index contributed by atoms with van der Waals surface area (Å²) in [6.07, 6.45) is 1.08. The van der Waals surface area contributed by atoms with Crippen molar-refractivity contribution in [1.29, 1.82) is 0 Å². The fourth-order valence-electron chi connectivity index (χ4n) is 3.46. The number of hydrogen-bond donors (Lipinski definition) is 4. The second kappa shape index (κ2) is 8.92. The number of carboxylic acids is 1. The Bertz CT molecular complexity index is 736. The largest absolute Gasteiger partial charge is 0.480 e. The molecule has 1 unspecified atom stereocenters. The van der Waals surface area contributed by atoms with E-state index in [1.54, 1.807) is 12.1 Å². The van der Waals surface area contributed by atoms with Gasteiger partial charge in [0.25, 0.3) is 5.91 Å². The van der Waals surface area contributed by atoms with E-state index in [0.717, 1.165) is 50.8 Å². The normalized spacial score (nSPS) is 20.8. The van der Waals surface area contributed by atoms with Crippen LogP contribution in [0.3, 0.4) is 0 Å². The molecule has 9 nitrogen and oxygen atoms in total. The highest BCUT2D eigenvalue weighted by molar-refractivity contribution is 5.94. The lowest BCUT2D eigenvalue weighted by molar-refractivity contribution is -0.138. The molecule has 1 aromatic carbocycles. The van der Waals surface area contributed by atoms with E-state index < -0.39 is 12.0 Å². The third-order valence-corrected chi connectivity index (χ3v) is 5.07. The van der Waals surface area contributed by atoms with Gasteiger partial charge in [0.15, 0.2) is 5.96 Å². The van der Waals surface area contributed by atoms with Gasteiger partial charge < -0.3 is 31.3 Å². The number of aliphatic carboxylic acids is 1. The first-order chi connectivity index (χ1) is 13.5. The third-order valence-electron chi connectivity index (χ3n) is 5.07. The summed E-state index contributed by atoms with van der Waals surface area (Å²) in [4.78, 5) is 32.1. The molecule has 1 amide bonds. The Morgan fingerprint density at radius 3 is 2.71 bits per heavy atom. The smallest absolute Gasteiger partial charge is 0.322 e. The number of piperazine rings is 1. The standard InChI is InChI=1S/C19H28N6O3/c1-13-12-24(19-21-7-2-8-22-19)9-10-25(13)15-5-3-14(4-6-15)17(26)23-11-16(20)18(27)28/h3-6,13,16H,2,7-12,20H2,1H3,(H,21,22)(H,23,26)(H,27,28)/t13?,16-/m0/s1. The van der Waals surface area contributed by atoms with Gasteiger partial charge in [-0.05, 0) is 37.6 Å². The molecular formula is C19H28N6O3. The van der Waals surface area contributed by atoms with Gasteiger partial charge >= 0.3 is 5.97 Å². The van der Waals surface area contributed by atoms with Crippen LogP contribution < -0.4 is 21.3 Å². The molecule has 5 N–H and O–H groups in total. The van der Waals surface area contributed by atoms with E-state index in [-0.39, 0.29) is 12.5 Å². The molecule has 9 heteroatoms. The predicted octanol–water partition coefficient (Wildman–Crippen LogP) is -0.312. The molecule has 0 saturated carbocycles. The first-order valence-corrected chi connectivity index (χ1v) is 9.62. The first-order valence-electron chi connectivity index (χ1n) is 9.62. The van der Waals surface area contributed by atoms with Crippen molar-refractivity contribution >= 4 is 23.5 Å². The van der Waals surface area contributed by atoms with Crippen LogP contribution in [0.5, 0.6) is 0 Å². The van der Waals surface area contributed by atoms with E-state index in [1.807, 2.05) is 12.1 Å². The average molecular weight is 388 g/mol. The van der Waals surface area contributed by atoms with E-state index in [2.05, 4.69) is 32.3 Å². The average Bonchev–Trinajstić information content (AvgIpc) is 2.72. The number of carboxylic acid groups (broad SMARTS) is 1. The number of hydrogen-bond acceptors (Lipinski definition) is 7. The highest BCUT2D eigenvalue weighted by atomic mass is 16.4. The van der Waals surface area contributed by atoms with Gasteiger partial charge in [-0.1, -0.05) is 0 Å². The fraction of sp³-hybridized carbons (Fsp3) is 0.526. The monoisotopic (exact) mass is 388 g/mol. The maximum Gasteiger partial charge on any atom is 0.322 e. The van der Waals surface area contributed by atoms with Gasteiger partial charge in [-0.3, -0.25) is 14.6 Å². The summed E-state index contributed by atoms with van der Waals surface area (Å²) in [5.74, 6) is -0.468. The number of aliphatic imine (C=N–C) groups is 1. The molecule has 3 rings (SSSR count). The zero-order valence-corrected chi connectivity index (χ0v) is 16.1. The SMILES string of the molecule is CC1CN(C2=NCCCN2)CCN1c1ccc(C(=O)NC[C@H](N)C(=O)O)cc1. The summed E-state index contributed by atoms with van der Waals surface area (Å²) in [5.41, 5.74) is 6.95. The molecule has 0 bridgehead atoms. The number of carbonyl (C=O) groups is 2. The van der Waals surface area contributed by atoms with Gasteiger partial charge in [-0.2, -0.15) is 0 Å². The number of carbonyl (C=O) groups excluding carboxylic acids is 1. The first kappa shape index (κ1) is 19.9. The Balaban J connectivity index is 1.57. The number of rotatable bonds is 5. The molecule has 0 spiro atoms. The summed E-state index contributed by atoms with van der Waals surface area (Å²) >= 11 is 0. The zero-order chi connectivity index (χ0) is 20.1. The summed E-state index contributed by atoms with van der Waals surface area (Å²) in [5, 5.41) is 14.7. The molecule has 1 fully saturated rings. The topological polar surface area (TPSA) is 123 Å². The Labute approximate surface area is 164 Å². The molecule has 2 aliphatic rings. The number of guanidine groups is 1. The molecule has 1 aromatic rings. The Kier molecular flexibility index (Phi) is 6.35. The van der Waals surface area contributed by atoms with E-state index in [4.69, 9.17) is 10.8 Å². The number of anilines is 1. The maximum atomic E-state index is 12.1. The van der Waals surface area contributed by atoms with Crippen molar-refractivity contribution in [3.63, 3.8) is 0 Å². The third kappa shape index (κ3) is 4.72. The Morgan fingerprint density at radius 1 is 1.36 bits per heavy atom. The molecule has 0 aromatic heterocycles. The molecular weight excluding hydrogens is 360 g/mol. The lowest BCUT2D eigenvalue weighted by atomic mass is 10.1. The van der Waals surface area contributed by atoms with Gasteiger partial charge in [0.05, 0.1) is 0 Å². The summed E-state index contributed by atoms with van der Waals surface area (Å²) < 4.78 is 0. The van der Waals surface area contributed by atoms with Crippen molar-refractivity contribution in [2.24, 2.45) is 10.7 Å². The maximum absolute atomic E-state index is 12.1. The molecule has 28 heavy (non-hydrogen) atoms. The highest BCUT2D eigenvalue weighted by Gasteiger charge is 2.26. The molecule has 2 heterocycles. The minimum Gasteiger partial charge on any atom is -0.480 e. The number of benzene rings is 1. The lowest BCUT2D eigenvalue weighted by Gasteiger charge is -2.43. The second-order valence-electron chi connectivity index (χ2n) is 7.18. The molecule has 2 atom stereocenters. The van der Waals surface area contributed by atoms with Crippen LogP contribution in [-0.2, 0) is 4.79 Å². The predicted molar refractivity (Wildman–Crippen MR) is 108 cm³/mol. The molecule has 0 aliphatic carbocycles. The molecule has 1 saturated heterocycles. The van der Waals surface area contributed by atoms with Gasteiger partial charge in [-0.25, -0.2) is 0 Å². The van der Waals surface area contributed by atoms with Crippen LogP contribution in [-0.4, -0.2) is 79.2 Å². The van der Waals surface area contributed by atoms with Crippen molar-refractivity contribution < 1.29 is 14.7 Å². The van der Waals surface area contributed by atoms with Crippen molar-refractivity contribution in [3.8, 4) is 0 Å². The molecule has 152 valence electrons. The van der Waals surface area contributed by atoms with E-state index in [9.17, 15) is 9.59 Å². The van der Waals surface area contributed by atoms with Gasteiger partial charge in [0.1, 0.15) is 6.04 Å². The minimum absolute atomic E-state index is 0.104.